The lowest BCUT2D eigenvalue weighted by Gasteiger charge is -2.48. The van der Waals surface area contributed by atoms with Gasteiger partial charge in [0.15, 0.2) is 0 Å². The Balaban J connectivity index is 0. The van der Waals surface area contributed by atoms with E-state index in [-0.39, 0.29) is 22.2 Å². The maximum Gasteiger partial charge on any atom is 0.0684 e. The van der Waals surface area contributed by atoms with Crippen LogP contribution in [0.5, 0.6) is 0 Å². The van der Waals surface area contributed by atoms with Crippen LogP contribution >= 0.6 is 0 Å². The average molecular weight is 350 g/mol. The Morgan fingerprint density at radius 1 is 0.960 bits per heavy atom. The van der Waals surface area contributed by atoms with E-state index in [2.05, 4.69) is 45.0 Å². The van der Waals surface area contributed by atoms with Crippen LogP contribution in [0.25, 0.3) is 0 Å². The molecule has 0 spiro atoms. The van der Waals surface area contributed by atoms with Crippen LogP contribution in [-0.4, -0.2) is 11.4 Å². The molecule has 1 unspecified atom stereocenters. The van der Waals surface area contributed by atoms with Crippen molar-refractivity contribution in [3.05, 3.63) is 0 Å². The summed E-state index contributed by atoms with van der Waals surface area (Å²) in [4.78, 5) is 0. The minimum absolute atomic E-state index is 0.112. The number of oxime groups is 1. The first kappa shape index (κ1) is 25.7. The van der Waals surface area contributed by atoms with Crippen LogP contribution in [0.4, 0.5) is 0 Å². The van der Waals surface area contributed by atoms with E-state index in [0.717, 1.165) is 12.8 Å². The van der Waals surface area contributed by atoms with Crippen molar-refractivity contribution in [3.63, 3.8) is 0 Å². The molecule has 1 N–H and O–H groups in total. The first-order valence-corrected chi connectivity index (χ1v) is 9.20. The summed E-state index contributed by atoms with van der Waals surface area (Å²) in [6.45, 7) is 20.6. The van der Waals surface area contributed by atoms with Gasteiger partial charge >= 0.3 is 0 Å². The molecule has 0 radical (unpaired) electrons. The van der Waals surface area contributed by atoms with Gasteiger partial charge in [0.1, 0.15) is 0 Å². The number of rotatable bonds is 8. The van der Waals surface area contributed by atoms with Crippen LogP contribution in [0, 0.1) is 50.2 Å². The Bertz CT molecular complexity index is 502. The summed E-state index contributed by atoms with van der Waals surface area (Å²) in [5.74, 6) is 0.190. The first-order chi connectivity index (χ1) is 11.2. The smallest absolute Gasteiger partial charge is 0.0684 e. The molecule has 4 nitrogen and oxygen atoms in total. The van der Waals surface area contributed by atoms with Crippen molar-refractivity contribution < 1.29 is 5.21 Å². The van der Waals surface area contributed by atoms with Crippen LogP contribution in [-0.2, 0) is 0 Å². The molecular weight excluding hydrogens is 310 g/mol. The van der Waals surface area contributed by atoms with E-state index in [0.29, 0.717) is 6.42 Å². The quantitative estimate of drug-likeness (QED) is 0.312. The Kier molecular flexibility index (Phi) is 10.1. The maximum atomic E-state index is 9.45. The highest BCUT2D eigenvalue weighted by Gasteiger charge is 2.45. The highest BCUT2D eigenvalue weighted by atomic mass is 16.4. The molecule has 0 saturated heterocycles. The standard InChI is InChI=1S/C19H33N3O.C2H6/c1-16(2,13-21)11-15(18(5,6)9-10-20)19(7,8)12-17(3,4)14-22-23;1-2/h14-15,23H,9,11-12H2,1-8H3;1-2H3/b22-14+;. The number of hydrogen-bond acceptors (Lipinski definition) is 4. The predicted molar refractivity (Wildman–Crippen MR) is 105 cm³/mol. The molecule has 4 heteroatoms. The van der Waals surface area contributed by atoms with Gasteiger partial charge in [-0.3, -0.25) is 0 Å². The summed E-state index contributed by atoms with van der Waals surface area (Å²) >= 11 is 0. The van der Waals surface area contributed by atoms with Gasteiger partial charge in [0, 0.05) is 18.1 Å². The molecule has 0 aliphatic rings. The van der Waals surface area contributed by atoms with Gasteiger partial charge < -0.3 is 5.21 Å². The van der Waals surface area contributed by atoms with Gasteiger partial charge in [-0.15, -0.1) is 5.16 Å². The van der Waals surface area contributed by atoms with E-state index >= 15 is 0 Å². The topological polar surface area (TPSA) is 80.2 Å². The molecule has 1 atom stereocenters. The van der Waals surface area contributed by atoms with Gasteiger partial charge in [-0.2, -0.15) is 10.5 Å². The lowest BCUT2D eigenvalue weighted by molar-refractivity contribution is 0.0237. The molecule has 0 aromatic rings. The first-order valence-electron chi connectivity index (χ1n) is 9.20. The molecule has 0 rings (SSSR count). The summed E-state index contributed by atoms with van der Waals surface area (Å²) in [5, 5.41) is 30.8. The molecule has 0 amide bonds. The molecule has 0 aromatic carbocycles. The normalized spacial score (nSPS) is 14.2. The summed E-state index contributed by atoms with van der Waals surface area (Å²) < 4.78 is 0. The van der Waals surface area contributed by atoms with Crippen molar-refractivity contribution in [2.75, 3.05) is 0 Å². The van der Waals surface area contributed by atoms with E-state index in [9.17, 15) is 10.5 Å². The fourth-order valence-corrected chi connectivity index (χ4v) is 3.99. The molecule has 0 aliphatic heterocycles. The van der Waals surface area contributed by atoms with Crippen LogP contribution in [0.1, 0.15) is 88.5 Å². The number of nitrogens with zero attached hydrogens (tertiary/aromatic N) is 3. The Morgan fingerprint density at radius 2 is 1.44 bits per heavy atom. The lowest BCUT2D eigenvalue weighted by Crippen LogP contribution is -2.41. The monoisotopic (exact) mass is 349 g/mol. The van der Waals surface area contributed by atoms with Crippen LogP contribution in [0.2, 0.25) is 0 Å². The van der Waals surface area contributed by atoms with E-state index in [1.165, 1.54) is 0 Å². The molecule has 144 valence electrons. The third-order valence-corrected chi connectivity index (χ3v) is 4.76. The second-order valence-corrected chi connectivity index (χ2v) is 9.47. The summed E-state index contributed by atoms with van der Waals surface area (Å²) in [6, 6.07) is 4.70. The zero-order chi connectivity index (χ0) is 20.5. The second-order valence-electron chi connectivity index (χ2n) is 9.47. The van der Waals surface area contributed by atoms with Crippen molar-refractivity contribution >= 4 is 6.21 Å². The Labute approximate surface area is 155 Å². The number of hydrogen-bond donors (Lipinski definition) is 1. The van der Waals surface area contributed by atoms with Crippen LogP contribution < -0.4 is 0 Å². The molecular formula is C21H39N3O. The zero-order valence-electron chi connectivity index (χ0n) is 18.1. The van der Waals surface area contributed by atoms with Crippen LogP contribution in [0.15, 0.2) is 5.16 Å². The van der Waals surface area contributed by atoms with E-state index < -0.39 is 5.41 Å². The minimum Gasteiger partial charge on any atom is -0.411 e. The van der Waals surface area contributed by atoms with Gasteiger partial charge in [0.2, 0.25) is 0 Å². The summed E-state index contributed by atoms with van der Waals surface area (Å²) in [6.07, 6.45) is 3.57. The Hall–Kier alpha value is -1.55. The molecule has 0 saturated carbocycles. The highest BCUT2D eigenvalue weighted by Crippen LogP contribution is 2.52. The van der Waals surface area contributed by atoms with E-state index in [1.807, 2.05) is 41.5 Å². The van der Waals surface area contributed by atoms with Crippen LogP contribution in [0.3, 0.4) is 0 Å². The SMILES string of the molecule is CC.CC(C)(C#N)CC(C(C)(C)CC#N)C(C)(C)CC(C)(C)/C=N/O. The van der Waals surface area contributed by atoms with Crippen molar-refractivity contribution in [2.24, 2.45) is 32.7 Å². The minimum atomic E-state index is -0.441. The third kappa shape index (κ3) is 8.92. The average Bonchev–Trinajstić information content (AvgIpc) is 2.45. The number of nitriles is 2. The third-order valence-electron chi connectivity index (χ3n) is 4.76. The van der Waals surface area contributed by atoms with Crippen molar-refractivity contribution in [1.82, 2.24) is 0 Å². The summed E-state index contributed by atoms with van der Waals surface area (Å²) in [7, 11) is 0. The van der Waals surface area contributed by atoms with E-state index in [1.54, 1.807) is 6.21 Å². The van der Waals surface area contributed by atoms with Crippen molar-refractivity contribution in [2.45, 2.75) is 88.5 Å². The molecule has 0 aliphatic carbocycles. The molecule has 25 heavy (non-hydrogen) atoms. The van der Waals surface area contributed by atoms with Gasteiger partial charge in [-0.1, -0.05) is 55.4 Å². The van der Waals surface area contributed by atoms with Gasteiger partial charge in [0.05, 0.1) is 17.6 Å². The largest absolute Gasteiger partial charge is 0.411 e. The molecule has 0 fully saturated rings. The molecule has 0 heterocycles. The fraction of sp³-hybridized carbons (Fsp3) is 0.857. The summed E-state index contributed by atoms with van der Waals surface area (Å²) in [5.41, 5.74) is -1.00. The van der Waals surface area contributed by atoms with Gasteiger partial charge in [-0.25, -0.2) is 0 Å². The lowest BCUT2D eigenvalue weighted by atomic mass is 9.56. The zero-order valence-corrected chi connectivity index (χ0v) is 18.1. The van der Waals surface area contributed by atoms with Crippen molar-refractivity contribution in [1.29, 1.82) is 10.5 Å². The fourth-order valence-electron chi connectivity index (χ4n) is 3.99. The molecule has 0 bridgehead atoms. The van der Waals surface area contributed by atoms with Gasteiger partial charge in [-0.05, 0) is 43.4 Å². The maximum absolute atomic E-state index is 9.45. The van der Waals surface area contributed by atoms with Crippen molar-refractivity contribution in [3.8, 4) is 12.1 Å². The van der Waals surface area contributed by atoms with Gasteiger partial charge in [0.25, 0.3) is 0 Å². The molecule has 0 aromatic heterocycles. The Morgan fingerprint density at radius 3 is 1.80 bits per heavy atom. The predicted octanol–water partition coefficient (Wildman–Crippen LogP) is 6.41. The second kappa shape index (κ2) is 9.81. The van der Waals surface area contributed by atoms with E-state index in [4.69, 9.17) is 5.21 Å². The highest BCUT2D eigenvalue weighted by molar-refractivity contribution is 5.63.